The van der Waals surface area contributed by atoms with Crippen molar-refractivity contribution < 1.29 is 8.78 Å². The van der Waals surface area contributed by atoms with Crippen LogP contribution in [0.1, 0.15) is 26.2 Å². The molecule has 29 heavy (non-hydrogen) atoms. The molecule has 5 nitrogen and oxygen atoms in total. The van der Waals surface area contributed by atoms with Gasteiger partial charge in [-0.05, 0) is 56.9 Å². The second kappa shape index (κ2) is 11.9. The highest BCUT2D eigenvalue weighted by Crippen LogP contribution is 2.22. The van der Waals surface area contributed by atoms with Gasteiger partial charge in [-0.1, -0.05) is 6.92 Å². The number of hydrogen-bond donors (Lipinski definition) is 1. The van der Waals surface area contributed by atoms with Gasteiger partial charge in [0.15, 0.2) is 5.96 Å². The number of nitrogens with one attached hydrogen (secondary N) is 1. The SMILES string of the molecule is CCN1CCC(CCNC(=NC)N2CCN(c3cc(F)ccc3F)CC2)CC1.I. The van der Waals surface area contributed by atoms with Gasteiger partial charge in [0.2, 0.25) is 0 Å². The molecule has 0 radical (unpaired) electrons. The van der Waals surface area contributed by atoms with E-state index in [0.717, 1.165) is 44.1 Å². The van der Waals surface area contributed by atoms with Crippen LogP contribution in [0.3, 0.4) is 0 Å². The van der Waals surface area contributed by atoms with Gasteiger partial charge in [-0.15, -0.1) is 24.0 Å². The number of halogens is 3. The van der Waals surface area contributed by atoms with Crippen LogP contribution in [0.2, 0.25) is 0 Å². The normalized spacial score (nSPS) is 19.2. The van der Waals surface area contributed by atoms with Gasteiger partial charge in [0.1, 0.15) is 11.6 Å². The van der Waals surface area contributed by atoms with Crippen molar-refractivity contribution in [2.75, 3.05) is 64.3 Å². The fourth-order valence-corrected chi connectivity index (χ4v) is 4.20. The van der Waals surface area contributed by atoms with Crippen molar-refractivity contribution in [2.45, 2.75) is 26.2 Å². The fourth-order valence-electron chi connectivity index (χ4n) is 4.20. The lowest BCUT2D eigenvalue weighted by molar-refractivity contribution is 0.187. The predicted molar refractivity (Wildman–Crippen MR) is 126 cm³/mol. The maximum atomic E-state index is 14.0. The molecule has 0 atom stereocenters. The van der Waals surface area contributed by atoms with Gasteiger partial charge in [-0.25, -0.2) is 8.78 Å². The Hall–Kier alpha value is -1.16. The summed E-state index contributed by atoms with van der Waals surface area (Å²) in [6.45, 7) is 9.53. The van der Waals surface area contributed by atoms with E-state index in [1.807, 2.05) is 4.90 Å². The van der Waals surface area contributed by atoms with Crippen molar-refractivity contribution in [3.63, 3.8) is 0 Å². The monoisotopic (exact) mass is 521 g/mol. The Morgan fingerprint density at radius 2 is 1.79 bits per heavy atom. The highest BCUT2D eigenvalue weighted by atomic mass is 127. The minimum atomic E-state index is -0.402. The lowest BCUT2D eigenvalue weighted by Gasteiger charge is -2.38. The molecule has 0 amide bonds. The molecule has 3 rings (SSSR count). The number of anilines is 1. The number of piperazine rings is 1. The predicted octanol–water partition coefficient (Wildman–Crippen LogP) is 3.40. The zero-order chi connectivity index (χ0) is 19.9. The van der Waals surface area contributed by atoms with E-state index in [4.69, 9.17) is 0 Å². The first kappa shape index (κ1) is 24.1. The first-order valence-corrected chi connectivity index (χ1v) is 10.5. The van der Waals surface area contributed by atoms with Crippen molar-refractivity contribution >= 4 is 35.6 Å². The van der Waals surface area contributed by atoms with Crippen LogP contribution in [-0.2, 0) is 0 Å². The summed E-state index contributed by atoms with van der Waals surface area (Å²) >= 11 is 0. The summed E-state index contributed by atoms with van der Waals surface area (Å²) in [6, 6.07) is 3.64. The topological polar surface area (TPSA) is 34.1 Å². The molecular weight excluding hydrogens is 487 g/mol. The first-order chi connectivity index (χ1) is 13.6. The number of benzene rings is 1. The van der Waals surface area contributed by atoms with Crippen molar-refractivity contribution in [2.24, 2.45) is 10.9 Å². The number of piperidine rings is 1. The third-order valence-electron chi connectivity index (χ3n) is 6.03. The van der Waals surface area contributed by atoms with E-state index >= 15 is 0 Å². The van der Waals surface area contributed by atoms with Crippen LogP contribution >= 0.6 is 24.0 Å². The van der Waals surface area contributed by atoms with Crippen LogP contribution in [0, 0.1) is 17.6 Å². The molecule has 164 valence electrons. The second-order valence-electron chi connectivity index (χ2n) is 7.71. The third-order valence-corrected chi connectivity index (χ3v) is 6.03. The molecule has 2 aliphatic rings. The molecule has 0 saturated carbocycles. The van der Waals surface area contributed by atoms with E-state index in [1.165, 1.54) is 44.5 Å². The van der Waals surface area contributed by atoms with E-state index in [-0.39, 0.29) is 29.8 Å². The smallest absolute Gasteiger partial charge is 0.193 e. The Morgan fingerprint density at radius 3 is 2.41 bits per heavy atom. The van der Waals surface area contributed by atoms with E-state index < -0.39 is 5.82 Å². The number of aliphatic imine (C=N–C) groups is 1. The average molecular weight is 521 g/mol. The summed E-state index contributed by atoms with van der Waals surface area (Å²) in [5, 5.41) is 3.50. The average Bonchev–Trinajstić information content (AvgIpc) is 2.74. The van der Waals surface area contributed by atoms with Crippen LogP contribution in [0.5, 0.6) is 0 Å². The van der Waals surface area contributed by atoms with Crippen molar-refractivity contribution in [3.8, 4) is 0 Å². The van der Waals surface area contributed by atoms with Crippen molar-refractivity contribution in [1.82, 2.24) is 15.1 Å². The molecule has 2 saturated heterocycles. The summed E-state index contributed by atoms with van der Waals surface area (Å²) in [7, 11) is 1.81. The second-order valence-corrected chi connectivity index (χ2v) is 7.71. The number of hydrogen-bond acceptors (Lipinski definition) is 3. The van der Waals surface area contributed by atoms with Crippen LogP contribution < -0.4 is 10.2 Å². The van der Waals surface area contributed by atoms with Crippen LogP contribution in [0.4, 0.5) is 14.5 Å². The zero-order valence-electron chi connectivity index (χ0n) is 17.5. The Morgan fingerprint density at radius 1 is 1.10 bits per heavy atom. The molecule has 0 spiro atoms. The molecule has 2 fully saturated rings. The van der Waals surface area contributed by atoms with E-state index in [2.05, 4.69) is 27.0 Å². The van der Waals surface area contributed by atoms with Gasteiger partial charge in [-0.2, -0.15) is 0 Å². The third kappa shape index (κ3) is 6.67. The van der Waals surface area contributed by atoms with Gasteiger partial charge in [-0.3, -0.25) is 4.99 Å². The van der Waals surface area contributed by atoms with Crippen molar-refractivity contribution in [1.29, 1.82) is 0 Å². The minimum absolute atomic E-state index is 0. The lowest BCUT2D eigenvalue weighted by atomic mass is 9.93. The molecule has 2 heterocycles. The Balaban J connectivity index is 0.00000300. The van der Waals surface area contributed by atoms with Crippen molar-refractivity contribution in [3.05, 3.63) is 29.8 Å². The number of likely N-dealkylation sites (tertiary alicyclic amines) is 1. The zero-order valence-corrected chi connectivity index (χ0v) is 19.9. The van der Waals surface area contributed by atoms with Gasteiger partial charge < -0.3 is 20.0 Å². The van der Waals surface area contributed by atoms with E-state index in [0.29, 0.717) is 18.8 Å². The molecule has 8 heteroatoms. The Kier molecular flexibility index (Phi) is 9.88. The molecule has 0 aromatic heterocycles. The van der Waals surface area contributed by atoms with E-state index in [1.54, 1.807) is 7.05 Å². The maximum Gasteiger partial charge on any atom is 0.193 e. The van der Waals surface area contributed by atoms with E-state index in [9.17, 15) is 8.78 Å². The highest BCUT2D eigenvalue weighted by Gasteiger charge is 2.22. The standard InChI is InChI=1S/C21H33F2N5.HI/c1-3-26-10-7-17(8-11-26)6-9-25-21(24-2)28-14-12-27(13-15-28)20-16-18(22)4-5-19(20)23;/h4-5,16-17H,3,6-15H2,1-2H3,(H,24,25);1H. The van der Waals surface area contributed by atoms with Gasteiger partial charge in [0.05, 0.1) is 5.69 Å². The summed E-state index contributed by atoms with van der Waals surface area (Å²) in [5.41, 5.74) is 0.348. The largest absolute Gasteiger partial charge is 0.366 e. The summed E-state index contributed by atoms with van der Waals surface area (Å²) in [4.78, 5) is 11.0. The van der Waals surface area contributed by atoms with Gasteiger partial charge in [0, 0.05) is 45.8 Å². The molecule has 0 aliphatic carbocycles. The quantitative estimate of drug-likeness (QED) is 0.366. The first-order valence-electron chi connectivity index (χ1n) is 10.5. The minimum Gasteiger partial charge on any atom is -0.366 e. The molecular formula is C21H34F2IN5. The molecule has 2 aliphatic heterocycles. The molecule has 1 aromatic rings. The Labute approximate surface area is 190 Å². The number of guanidine groups is 1. The summed E-state index contributed by atoms with van der Waals surface area (Å²) < 4.78 is 27.5. The molecule has 0 unspecified atom stereocenters. The summed E-state index contributed by atoms with van der Waals surface area (Å²) in [5.74, 6) is 0.930. The van der Waals surface area contributed by atoms with Crippen LogP contribution in [0.15, 0.2) is 23.2 Å². The van der Waals surface area contributed by atoms with Crippen LogP contribution in [0.25, 0.3) is 0 Å². The maximum absolute atomic E-state index is 14.0. The fraction of sp³-hybridized carbons (Fsp3) is 0.667. The van der Waals surface area contributed by atoms with Gasteiger partial charge in [0.25, 0.3) is 0 Å². The highest BCUT2D eigenvalue weighted by molar-refractivity contribution is 14.0. The molecule has 1 N–H and O–H groups in total. The lowest BCUT2D eigenvalue weighted by Crippen LogP contribution is -2.53. The number of rotatable bonds is 5. The Bertz CT molecular complexity index is 656. The van der Waals surface area contributed by atoms with Crippen LogP contribution in [-0.4, -0.2) is 75.2 Å². The van der Waals surface area contributed by atoms with Gasteiger partial charge >= 0.3 is 0 Å². The number of nitrogens with zero attached hydrogens (tertiary/aromatic N) is 4. The summed E-state index contributed by atoms with van der Waals surface area (Å²) in [6.07, 6.45) is 3.74. The molecule has 1 aromatic carbocycles. The molecule has 0 bridgehead atoms.